The summed E-state index contributed by atoms with van der Waals surface area (Å²) in [6.07, 6.45) is 2.84. The van der Waals surface area contributed by atoms with Crippen LogP contribution in [0.3, 0.4) is 0 Å². The number of para-hydroxylation sites is 1. The first-order valence-corrected chi connectivity index (χ1v) is 8.24. The van der Waals surface area contributed by atoms with Gasteiger partial charge in [-0.15, -0.1) is 0 Å². The van der Waals surface area contributed by atoms with E-state index in [2.05, 4.69) is 17.0 Å². The molecule has 1 fully saturated rings. The standard InChI is InChI=1S/C19H18ClFN2O/c20-17-7-4-8-18(21)16(17)9-10-19(24)23-13-11-22(12-14-23)15-5-2-1-3-6-15/h1-10H,11-14H2/b10-9+. The molecular weight excluding hydrogens is 327 g/mol. The van der Waals surface area contributed by atoms with Gasteiger partial charge in [0.25, 0.3) is 0 Å². The summed E-state index contributed by atoms with van der Waals surface area (Å²) in [7, 11) is 0. The van der Waals surface area contributed by atoms with Crippen LogP contribution in [0.1, 0.15) is 5.56 Å². The van der Waals surface area contributed by atoms with E-state index in [9.17, 15) is 9.18 Å². The van der Waals surface area contributed by atoms with Crippen molar-refractivity contribution in [3.8, 4) is 0 Å². The maximum absolute atomic E-state index is 13.7. The average molecular weight is 345 g/mol. The van der Waals surface area contributed by atoms with Gasteiger partial charge in [-0.25, -0.2) is 4.39 Å². The maximum atomic E-state index is 13.7. The molecule has 1 heterocycles. The number of piperazine rings is 1. The summed E-state index contributed by atoms with van der Waals surface area (Å²) < 4.78 is 13.7. The fraction of sp³-hybridized carbons (Fsp3) is 0.211. The van der Waals surface area contributed by atoms with Gasteiger partial charge in [0.1, 0.15) is 5.82 Å². The summed E-state index contributed by atoms with van der Waals surface area (Å²) in [5, 5.41) is 0.299. The molecule has 0 N–H and O–H groups in total. The highest BCUT2D eigenvalue weighted by Gasteiger charge is 2.19. The lowest BCUT2D eigenvalue weighted by molar-refractivity contribution is -0.126. The lowest BCUT2D eigenvalue weighted by Gasteiger charge is -2.35. The SMILES string of the molecule is O=C(/C=C/c1c(F)cccc1Cl)N1CCN(c2ccccc2)CC1. The molecular formula is C19H18ClFN2O. The van der Waals surface area contributed by atoms with Crippen LogP contribution in [0.15, 0.2) is 54.6 Å². The Morgan fingerprint density at radius 2 is 1.71 bits per heavy atom. The zero-order valence-corrected chi connectivity index (χ0v) is 13.9. The van der Waals surface area contributed by atoms with Gasteiger partial charge < -0.3 is 9.80 Å². The molecule has 1 aliphatic rings. The van der Waals surface area contributed by atoms with E-state index in [-0.39, 0.29) is 11.5 Å². The highest BCUT2D eigenvalue weighted by atomic mass is 35.5. The summed E-state index contributed by atoms with van der Waals surface area (Å²) in [4.78, 5) is 16.3. The van der Waals surface area contributed by atoms with Crippen LogP contribution >= 0.6 is 11.6 Å². The van der Waals surface area contributed by atoms with Crippen LogP contribution in [0.5, 0.6) is 0 Å². The molecule has 0 radical (unpaired) electrons. The van der Waals surface area contributed by atoms with Crippen LogP contribution in [0.25, 0.3) is 6.08 Å². The van der Waals surface area contributed by atoms with Crippen molar-refractivity contribution in [1.82, 2.24) is 4.90 Å². The van der Waals surface area contributed by atoms with Crippen LogP contribution in [-0.2, 0) is 4.79 Å². The number of anilines is 1. The molecule has 24 heavy (non-hydrogen) atoms. The minimum absolute atomic E-state index is 0.123. The topological polar surface area (TPSA) is 23.6 Å². The first kappa shape index (κ1) is 16.5. The molecule has 1 aliphatic heterocycles. The van der Waals surface area contributed by atoms with Crippen LogP contribution in [-0.4, -0.2) is 37.0 Å². The van der Waals surface area contributed by atoms with Gasteiger partial charge in [0.15, 0.2) is 0 Å². The molecule has 1 saturated heterocycles. The van der Waals surface area contributed by atoms with Gasteiger partial charge in [-0.05, 0) is 30.3 Å². The average Bonchev–Trinajstić information content (AvgIpc) is 2.62. The number of benzene rings is 2. The molecule has 3 nitrogen and oxygen atoms in total. The number of halogens is 2. The van der Waals surface area contributed by atoms with Crippen molar-refractivity contribution >= 4 is 29.3 Å². The minimum Gasteiger partial charge on any atom is -0.368 e. The second-order valence-electron chi connectivity index (χ2n) is 5.62. The van der Waals surface area contributed by atoms with Gasteiger partial charge in [0, 0.05) is 43.5 Å². The van der Waals surface area contributed by atoms with Gasteiger partial charge in [-0.2, -0.15) is 0 Å². The Morgan fingerprint density at radius 3 is 2.38 bits per heavy atom. The normalized spacial score (nSPS) is 15.1. The molecule has 0 spiro atoms. The second kappa shape index (κ2) is 7.49. The van der Waals surface area contributed by atoms with E-state index in [4.69, 9.17) is 11.6 Å². The quantitative estimate of drug-likeness (QED) is 0.790. The van der Waals surface area contributed by atoms with Crippen molar-refractivity contribution < 1.29 is 9.18 Å². The van der Waals surface area contributed by atoms with Gasteiger partial charge in [0.2, 0.25) is 5.91 Å². The van der Waals surface area contributed by atoms with Gasteiger partial charge in [-0.1, -0.05) is 35.9 Å². The highest BCUT2D eigenvalue weighted by Crippen LogP contribution is 2.21. The molecule has 0 saturated carbocycles. The summed E-state index contributed by atoms with van der Waals surface area (Å²) in [6.45, 7) is 2.85. The molecule has 0 bridgehead atoms. The fourth-order valence-corrected chi connectivity index (χ4v) is 2.98. The lowest BCUT2D eigenvalue weighted by Crippen LogP contribution is -2.48. The molecule has 124 valence electrons. The maximum Gasteiger partial charge on any atom is 0.246 e. The number of carbonyl (C=O) groups excluding carboxylic acids is 1. The van der Waals surface area contributed by atoms with Crippen molar-refractivity contribution in [3.63, 3.8) is 0 Å². The summed E-state index contributed by atoms with van der Waals surface area (Å²) >= 11 is 5.96. The molecule has 5 heteroatoms. The van der Waals surface area contributed by atoms with E-state index in [1.165, 1.54) is 23.9 Å². The number of amides is 1. The Balaban J connectivity index is 1.60. The number of hydrogen-bond donors (Lipinski definition) is 0. The first-order valence-electron chi connectivity index (χ1n) is 7.86. The monoisotopic (exact) mass is 344 g/mol. The molecule has 1 amide bonds. The van der Waals surface area contributed by atoms with Crippen molar-refractivity contribution in [3.05, 3.63) is 71.0 Å². The van der Waals surface area contributed by atoms with E-state index >= 15 is 0 Å². The zero-order valence-electron chi connectivity index (χ0n) is 13.2. The van der Waals surface area contributed by atoms with Crippen LogP contribution in [0, 0.1) is 5.82 Å². The molecule has 2 aromatic rings. The third-order valence-corrected chi connectivity index (χ3v) is 4.43. The molecule has 3 rings (SSSR count). The first-order chi connectivity index (χ1) is 11.6. The highest BCUT2D eigenvalue weighted by molar-refractivity contribution is 6.32. The number of rotatable bonds is 3. The van der Waals surface area contributed by atoms with E-state index < -0.39 is 5.82 Å². The Labute approximate surface area is 145 Å². The largest absolute Gasteiger partial charge is 0.368 e. The minimum atomic E-state index is -0.430. The van der Waals surface area contributed by atoms with E-state index in [1.807, 2.05) is 18.2 Å². The van der Waals surface area contributed by atoms with E-state index in [0.717, 1.165) is 13.1 Å². The van der Waals surface area contributed by atoms with Crippen LogP contribution in [0.4, 0.5) is 10.1 Å². The molecule has 2 aromatic carbocycles. The summed E-state index contributed by atoms with van der Waals surface area (Å²) in [5.41, 5.74) is 1.41. The Morgan fingerprint density at radius 1 is 1.00 bits per heavy atom. The number of nitrogens with zero attached hydrogens (tertiary/aromatic N) is 2. The predicted molar refractivity (Wildman–Crippen MR) is 95.7 cm³/mol. The fourth-order valence-electron chi connectivity index (χ4n) is 2.75. The summed E-state index contributed by atoms with van der Waals surface area (Å²) in [5.74, 6) is -0.553. The summed E-state index contributed by atoms with van der Waals surface area (Å²) in [6, 6.07) is 14.6. The Bertz CT molecular complexity index is 720. The number of carbonyl (C=O) groups is 1. The second-order valence-corrected chi connectivity index (χ2v) is 6.02. The third-order valence-electron chi connectivity index (χ3n) is 4.10. The van der Waals surface area contributed by atoms with Gasteiger partial charge >= 0.3 is 0 Å². The zero-order chi connectivity index (χ0) is 16.9. The van der Waals surface area contributed by atoms with Crippen LogP contribution in [0.2, 0.25) is 5.02 Å². The predicted octanol–water partition coefficient (Wildman–Crippen LogP) is 3.84. The van der Waals surface area contributed by atoms with Crippen molar-refractivity contribution in [2.45, 2.75) is 0 Å². The van der Waals surface area contributed by atoms with Gasteiger partial charge in [-0.3, -0.25) is 4.79 Å². The van der Waals surface area contributed by atoms with Crippen molar-refractivity contribution in [1.29, 1.82) is 0 Å². The smallest absolute Gasteiger partial charge is 0.246 e. The van der Waals surface area contributed by atoms with E-state index in [1.54, 1.807) is 17.0 Å². The van der Waals surface area contributed by atoms with E-state index in [0.29, 0.717) is 18.1 Å². The molecule has 0 aliphatic carbocycles. The lowest BCUT2D eigenvalue weighted by atomic mass is 10.2. The number of hydrogen-bond acceptors (Lipinski definition) is 2. The molecule has 0 unspecified atom stereocenters. The van der Waals surface area contributed by atoms with Crippen molar-refractivity contribution in [2.75, 3.05) is 31.1 Å². The molecule has 0 atom stereocenters. The third kappa shape index (κ3) is 3.77. The van der Waals surface area contributed by atoms with Crippen molar-refractivity contribution in [2.24, 2.45) is 0 Å². The molecule has 0 aromatic heterocycles. The Hall–Kier alpha value is -2.33. The Kier molecular flexibility index (Phi) is 5.16. The van der Waals surface area contributed by atoms with Gasteiger partial charge in [0.05, 0.1) is 5.02 Å². The van der Waals surface area contributed by atoms with Crippen LogP contribution < -0.4 is 4.90 Å².